The Bertz CT molecular complexity index is 1010. The summed E-state index contributed by atoms with van der Waals surface area (Å²) in [7, 11) is 0. The predicted molar refractivity (Wildman–Crippen MR) is 82.9 cm³/mol. The van der Waals surface area contributed by atoms with Crippen LogP contribution in [0.15, 0.2) is 41.2 Å². The molecule has 0 atom stereocenters. The van der Waals surface area contributed by atoms with Crippen LogP contribution in [0.2, 0.25) is 0 Å². The third-order valence-corrected chi connectivity index (χ3v) is 4.14. The minimum absolute atomic E-state index is 0.0637. The highest BCUT2D eigenvalue weighted by Crippen LogP contribution is 2.34. The molecule has 0 amide bonds. The van der Waals surface area contributed by atoms with Crippen molar-refractivity contribution in [2.24, 2.45) is 0 Å². The van der Waals surface area contributed by atoms with E-state index in [1.807, 2.05) is 0 Å². The number of benzene rings is 2. The van der Waals surface area contributed by atoms with E-state index >= 15 is 0 Å². The van der Waals surface area contributed by atoms with Crippen molar-refractivity contribution in [2.45, 2.75) is 0 Å². The zero-order valence-corrected chi connectivity index (χ0v) is 12.1. The molecule has 0 bridgehead atoms. The zero-order valence-electron chi connectivity index (χ0n) is 11.3. The first-order chi connectivity index (χ1) is 11.0. The first kappa shape index (κ1) is 14.8. The van der Waals surface area contributed by atoms with Crippen LogP contribution in [-0.2, 0) is 0 Å². The highest BCUT2D eigenvalue weighted by Gasteiger charge is 2.16. The summed E-state index contributed by atoms with van der Waals surface area (Å²) in [4.78, 5) is 34.1. The van der Waals surface area contributed by atoms with E-state index in [1.54, 1.807) is 24.3 Å². The highest BCUT2D eigenvalue weighted by molar-refractivity contribution is 7.24. The van der Waals surface area contributed by atoms with Crippen molar-refractivity contribution < 1.29 is 29.3 Å². The molecular formula is C15H8O7S. The summed E-state index contributed by atoms with van der Waals surface area (Å²) in [5.41, 5.74) is -0.396. The van der Waals surface area contributed by atoms with Gasteiger partial charge in [0, 0.05) is 20.9 Å². The molecule has 0 saturated carbocycles. The zero-order chi connectivity index (χ0) is 16.6. The quantitative estimate of drug-likeness (QED) is 0.419. The first-order valence-corrected chi connectivity index (χ1v) is 7.08. The summed E-state index contributed by atoms with van der Waals surface area (Å²) in [5, 5.41) is 18.0. The second-order valence-corrected chi connectivity index (χ2v) is 5.54. The van der Waals surface area contributed by atoms with Crippen LogP contribution < -0.4 is 14.9 Å². The Morgan fingerprint density at radius 3 is 2.35 bits per heavy atom. The molecule has 23 heavy (non-hydrogen) atoms. The Labute approximate surface area is 131 Å². The van der Waals surface area contributed by atoms with Crippen molar-refractivity contribution in [3.63, 3.8) is 0 Å². The van der Waals surface area contributed by atoms with Crippen LogP contribution in [0.4, 0.5) is 9.59 Å². The fraction of sp³-hybridized carbons (Fsp3) is 0. The molecule has 0 aliphatic carbocycles. The standard InChI is InChI=1S/C15H8O7S/c16-13-8-3-1-2-4-10(8)23-11-6-7(21-14(17)18)5-9(12(11)13)22-15(19)20/h1-6H,(H,17,18)(H,19,20). The van der Waals surface area contributed by atoms with E-state index in [0.717, 1.165) is 6.07 Å². The van der Waals surface area contributed by atoms with Gasteiger partial charge in [0.1, 0.15) is 5.75 Å². The smallest absolute Gasteiger partial charge is 0.449 e. The summed E-state index contributed by atoms with van der Waals surface area (Å²) in [6, 6.07) is 9.24. The van der Waals surface area contributed by atoms with Crippen LogP contribution >= 0.6 is 11.3 Å². The largest absolute Gasteiger partial charge is 0.511 e. The van der Waals surface area contributed by atoms with Gasteiger partial charge in [-0.1, -0.05) is 12.1 Å². The average Bonchev–Trinajstić information content (AvgIpc) is 2.45. The molecule has 7 nitrogen and oxygen atoms in total. The topological polar surface area (TPSA) is 110 Å². The molecule has 0 unspecified atom stereocenters. The molecule has 0 aliphatic rings. The number of hydrogen-bond donors (Lipinski definition) is 2. The van der Waals surface area contributed by atoms with Crippen molar-refractivity contribution in [3.05, 3.63) is 46.6 Å². The number of ether oxygens (including phenoxy) is 2. The number of fused-ring (bicyclic) bond motifs is 2. The Hall–Kier alpha value is -3.13. The second-order valence-electron chi connectivity index (χ2n) is 4.46. The minimum Gasteiger partial charge on any atom is -0.449 e. The molecule has 2 N–H and O–H groups in total. The molecule has 0 fully saturated rings. The van der Waals surface area contributed by atoms with E-state index in [4.69, 9.17) is 10.2 Å². The summed E-state index contributed by atoms with van der Waals surface area (Å²) >= 11 is 1.20. The van der Waals surface area contributed by atoms with Gasteiger partial charge in [0.15, 0.2) is 11.2 Å². The van der Waals surface area contributed by atoms with Crippen molar-refractivity contribution >= 4 is 43.8 Å². The van der Waals surface area contributed by atoms with Crippen LogP contribution in [0.5, 0.6) is 11.5 Å². The van der Waals surface area contributed by atoms with E-state index in [2.05, 4.69) is 9.47 Å². The molecule has 8 heteroatoms. The average molecular weight is 332 g/mol. The molecule has 1 heterocycles. The maximum Gasteiger partial charge on any atom is 0.511 e. The molecule has 0 spiro atoms. The Balaban J connectivity index is 2.39. The van der Waals surface area contributed by atoms with Gasteiger partial charge in [0.2, 0.25) is 0 Å². The number of rotatable bonds is 2. The van der Waals surface area contributed by atoms with Crippen molar-refractivity contribution in [2.75, 3.05) is 0 Å². The molecule has 2 aromatic carbocycles. The third kappa shape index (κ3) is 2.79. The van der Waals surface area contributed by atoms with E-state index in [-0.39, 0.29) is 16.9 Å². The van der Waals surface area contributed by atoms with Gasteiger partial charge in [0.05, 0.1) is 5.39 Å². The molecule has 0 radical (unpaired) electrons. The van der Waals surface area contributed by atoms with Gasteiger partial charge < -0.3 is 19.7 Å². The number of carbonyl (C=O) groups is 2. The Kier molecular flexibility index (Phi) is 3.59. The van der Waals surface area contributed by atoms with Crippen molar-refractivity contribution in [1.29, 1.82) is 0 Å². The predicted octanol–water partition coefficient (Wildman–Crippen LogP) is 3.53. The lowest BCUT2D eigenvalue weighted by molar-refractivity contribution is 0.143. The second kappa shape index (κ2) is 5.58. The molecule has 3 aromatic rings. The fourth-order valence-electron chi connectivity index (χ4n) is 2.20. The van der Waals surface area contributed by atoms with E-state index < -0.39 is 17.7 Å². The molecule has 1 aromatic heterocycles. The van der Waals surface area contributed by atoms with Gasteiger partial charge in [-0.05, 0) is 18.2 Å². The lowest BCUT2D eigenvalue weighted by atomic mass is 10.1. The summed E-state index contributed by atoms with van der Waals surface area (Å²) < 4.78 is 10.2. The van der Waals surface area contributed by atoms with Crippen LogP contribution in [0.3, 0.4) is 0 Å². The summed E-state index contributed by atoms with van der Waals surface area (Å²) in [6.45, 7) is 0. The first-order valence-electron chi connectivity index (χ1n) is 6.27. The minimum atomic E-state index is -1.61. The van der Waals surface area contributed by atoms with Gasteiger partial charge >= 0.3 is 12.3 Å². The van der Waals surface area contributed by atoms with Crippen LogP contribution in [0.1, 0.15) is 0 Å². The summed E-state index contributed by atoms with van der Waals surface area (Å²) in [6.07, 6.45) is -3.17. The van der Waals surface area contributed by atoms with Gasteiger partial charge in [-0.3, -0.25) is 4.79 Å². The van der Waals surface area contributed by atoms with Gasteiger partial charge in [-0.2, -0.15) is 0 Å². The summed E-state index contributed by atoms with van der Waals surface area (Å²) in [5.74, 6) is -0.398. The van der Waals surface area contributed by atoms with Crippen LogP contribution in [0, 0.1) is 0 Å². The SMILES string of the molecule is O=C(O)Oc1cc(OC(=O)O)c2c(=O)c3ccccc3sc2c1. The lowest BCUT2D eigenvalue weighted by Crippen LogP contribution is -2.09. The molecular weight excluding hydrogens is 324 g/mol. The van der Waals surface area contributed by atoms with Gasteiger partial charge in [-0.15, -0.1) is 11.3 Å². The highest BCUT2D eigenvalue weighted by atomic mass is 32.1. The van der Waals surface area contributed by atoms with E-state index in [1.165, 1.54) is 17.4 Å². The van der Waals surface area contributed by atoms with Gasteiger partial charge in [-0.25, -0.2) is 9.59 Å². The maximum absolute atomic E-state index is 12.6. The van der Waals surface area contributed by atoms with Crippen LogP contribution in [-0.4, -0.2) is 22.5 Å². The van der Waals surface area contributed by atoms with Gasteiger partial charge in [0.25, 0.3) is 0 Å². The lowest BCUT2D eigenvalue weighted by Gasteiger charge is -2.08. The molecule has 116 valence electrons. The molecule has 3 rings (SSSR count). The third-order valence-electron chi connectivity index (χ3n) is 3.02. The maximum atomic E-state index is 12.6. The van der Waals surface area contributed by atoms with E-state index in [9.17, 15) is 14.4 Å². The monoisotopic (exact) mass is 332 g/mol. The number of hydrogen-bond acceptors (Lipinski definition) is 6. The Morgan fingerprint density at radius 1 is 0.957 bits per heavy atom. The molecule has 0 aliphatic heterocycles. The molecule has 0 saturated heterocycles. The Morgan fingerprint density at radius 2 is 1.65 bits per heavy atom. The normalized spacial score (nSPS) is 10.6. The van der Waals surface area contributed by atoms with Crippen molar-refractivity contribution in [1.82, 2.24) is 0 Å². The van der Waals surface area contributed by atoms with Crippen LogP contribution in [0.25, 0.3) is 20.2 Å². The van der Waals surface area contributed by atoms with Crippen molar-refractivity contribution in [3.8, 4) is 11.5 Å². The van der Waals surface area contributed by atoms with E-state index in [0.29, 0.717) is 14.8 Å². The number of carboxylic acid groups (broad SMARTS) is 2. The fourth-order valence-corrected chi connectivity index (χ4v) is 3.33.